The highest BCUT2D eigenvalue weighted by Gasteiger charge is 2.22. The van der Waals surface area contributed by atoms with Crippen molar-refractivity contribution in [2.45, 2.75) is 0 Å². The smallest absolute Gasteiger partial charge is 0.276 e. The zero-order valence-electron chi connectivity index (χ0n) is 10.1. The molecule has 0 atom stereocenters. The van der Waals surface area contributed by atoms with Crippen LogP contribution in [0.25, 0.3) is 0 Å². The summed E-state index contributed by atoms with van der Waals surface area (Å²) in [4.78, 5) is 26.2. The van der Waals surface area contributed by atoms with Gasteiger partial charge in [0.1, 0.15) is 5.69 Å². The van der Waals surface area contributed by atoms with E-state index in [1.165, 1.54) is 6.08 Å². The first kappa shape index (κ1) is 12.3. The van der Waals surface area contributed by atoms with Gasteiger partial charge >= 0.3 is 0 Å². The average Bonchev–Trinajstić information content (AvgIpc) is 2.46. The Hall–Kier alpha value is -2.17. The van der Waals surface area contributed by atoms with E-state index in [4.69, 9.17) is 0 Å². The van der Waals surface area contributed by atoms with Gasteiger partial charge < -0.3 is 9.80 Å². The van der Waals surface area contributed by atoms with Crippen LogP contribution < -0.4 is 10.1 Å². The number of para-hydroxylation sites is 2. The molecule has 0 bridgehead atoms. The summed E-state index contributed by atoms with van der Waals surface area (Å²) in [5, 5.41) is 1.95. The second-order valence-corrected chi connectivity index (χ2v) is 4.14. The Morgan fingerprint density at radius 3 is 2.50 bits per heavy atom. The van der Waals surface area contributed by atoms with Crippen LogP contribution >= 0.6 is 0 Å². The van der Waals surface area contributed by atoms with Crippen LogP contribution in [0.2, 0.25) is 0 Å². The Morgan fingerprint density at radius 1 is 1.22 bits per heavy atom. The highest BCUT2D eigenvalue weighted by Crippen LogP contribution is 2.22. The summed E-state index contributed by atoms with van der Waals surface area (Å²) in [7, 11) is 0. The van der Waals surface area contributed by atoms with Crippen LogP contribution in [0.4, 0.5) is 11.4 Å². The SMILES string of the molecule is C=CC(=O)N1CCN(c2ccccc2[NH+]=O)CC1. The second kappa shape index (κ2) is 5.44. The number of hydrogen-bond acceptors (Lipinski definition) is 3. The van der Waals surface area contributed by atoms with Crippen molar-refractivity contribution in [3.05, 3.63) is 41.8 Å². The van der Waals surface area contributed by atoms with Gasteiger partial charge in [0.25, 0.3) is 5.69 Å². The zero-order valence-corrected chi connectivity index (χ0v) is 10.1. The molecule has 1 fully saturated rings. The molecular formula is C13H16N3O2+. The number of benzene rings is 1. The van der Waals surface area contributed by atoms with Crippen molar-refractivity contribution < 1.29 is 9.97 Å². The van der Waals surface area contributed by atoms with Crippen molar-refractivity contribution in [3.63, 3.8) is 0 Å². The van der Waals surface area contributed by atoms with Gasteiger partial charge in [-0.3, -0.25) is 4.79 Å². The van der Waals surface area contributed by atoms with Crippen molar-refractivity contribution in [1.29, 1.82) is 0 Å². The molecule has 0 saturated carbocycles. The van der Waals surface area contributed by atoms with Gasteiger partial charge in [-0.15, -0.1) is 0 Å². The molecular weight excluding hydrogens is 230 g/mol. The Balaban J connectivity index is 2.07. The predicted molar refractivity (Wildman–Crippen MR) is 69.4 cm³/mol. The topological polar surface area (TPSA) is 54.6 Å². The fourth-order valence-electron chi connectivity index (χ4n) is 2.13. The Morgan fingerprint density at radius 2 is 1.89 bits per heavy atom. The summed E-state index contributed by atoms with van der Waals surface area (Å²) in [5.74, 6) is -0.0371. The highest BCUT2D eigenvalue weighted by molar-refractivity contribution is 5.87. The monoisotopic (exact) mass is 246 g/mol. The van der Waals surface area contributed by atoms with Gasteiger partial charge in [0, 0.05) is 42.3 Å². The normalized spacial score (nSPS) is 15.3. The highest BCUT2D eigenvalue weighted by atomic mass is 16.3. The maximum Gasteiger partial charge on any atom is 0.276 e. The number of hydrogen-bond donors (Lipinski definition) is 1. The van der Waals surface area contributed by atoms with E-state index in [9.17, 15) is 9.70 Å². The van der Waals surface area contributed by atoms with E-state index < -0.39 is 0 Å². The molecule has 1 saturated heterocycles. The molecule has 1 aromatic carbocycles. The number of carbonyl (C=O) groups excluding carboxylic acids is 1. The standard InChI is InChI=1S/C13H15N3O2/c1-2-13(17)16-9-7-15(8-10-16)12-6-4-3-5-11(12)14-18/h2-6H,1,7-10H2/p+1. The maximum absolute atomic E-state index is 11.5. The lowest BCUT2D eigenvalue weighted by atomic mass is 10.2. The van der Waals surface area contributed by atoms with E-state index in [-0.39, 0.29) is 5.91 Å². The molecule has 1 N–H and O–H groups in total. The number of amides is 1. The fourth-order valence-corrected chi connectivity index (χ4v) is 2.13. The van der Waals surface area contributed by atoms with Crippen molar-refractivity contribution >= 4 is 17.3 Å². The number of anilines is 1. The van der Waals surface area contributed by atoms with E-state index in [2.05, 4.69) is 11.5 Å². The summed E-state index contributed by atoms with van der Waals surface area (Å²) in [6, 6.07) is 7.38. The second-order valence-electron chi connectivity index (χ2n) is 4.14. The largest absolute Gasteiger partial charge is 0.362 e. The fraction of sp³-hybridized carbons (Fsp3) is 0.308. The van der Waals surface area contributed by atoms with Crippen LogP contribution in [-0.2, 0) is 4.79 Å². The third kappa shape index (κ3) is 2.40. The Kier molecular flexibility index (Phi) is 3.72. The van der Waals surface area contributed by atoms with E-state index >= 15 is 0 Å². The molecule has 0 aliphatic carbocycles. The number of rotatable bonds is 3. The van der Waals surface area contributed by atoms with E-state index in [0.717, 1.165) is 18.8 Å². The first-order valence-electron chi connectivity index (χ1n) is 5.89. The number of carbonyl (C=O) groups is 1. The Bertz CT molecular complexity index is 465. The van der Waals surface area contributed by atoms with Gasteiger partial charge in [-0.25, -0.2) is 0 Å². The van der Waals surface area contributed by atoms with Gasteiger partial charge in [0.05, 0.1) is 0 Å². The minimum atomic E-state index is -0.0371. The van der Waals surface area contributed by atoms with Crippen molar-refractivity contribution in [2.75, 3.05) is 31.1 Å². The minimum absolute atomic E-state index is 0.0371. The van der Waals surface area contributed by atoms with Gasteiger partial charge in [-0.2, -0.15) is 0 Å². The summed E-state index contributed by atoms with van der Waals surface area (Å²) in [6.45, 7) is 6.23. The number of nitrogens with one attached hydrogen (secondary N) is 1. The lowest BCUT2D eigenvalue weighted by molar-refractivity contribution is -0.378. The molecule has 0 unspecified atom stereocenters. The molecule has 18 heavy (non-hydrogen) atoms. The van der Waals surface area contributed by atoms with E-state index in [0.29, 0.717) is 18.8 Å². The summed E-state index contributed by atoms with van der Waals surface area (Å²) in [5.41, 5.74) is 1.46. The quantitative estimate of drug-likeness (QED) is 0.764. The van der Waals surface area contributed by atoms with E-state index in [1.54, 1.807) is 11.0 Å². The lowest BCUT2D eigenvalue weighted by Gasteiger charge is -2.35. The number of nitroso groups, excluding NO2 is 1. The summed E-state index contributed by atoms with van der Waals surface area (Å²) in [6.07, 6.45) is 1.34. The molecule has 1 aliphatic heterocycles. The molecule has 0 spiro atoms. The van der Waals surface area contributed by atoms with Crippen LogP contribution in [0, 0.1) is 4.91 Å². The Labute approximate surface area is 106 Å². The first-order chi connectivity index (χ1) is 8.76. The lowest BCUT2D eigenvalue weighted by Crippen LogP contribution is -2.57. The zero-order chi connectivity index (χ0) is 13.0. The average molecular weight is 246 g/mol. The third-order valence-corrected chi connectivity index (χ3v) is 3.12. The minimum Gasteiger partial charge on any atom is -0.362 e. The molecule has 5 heteroatoms. The number of nitrogens with zero attached hydrogens (tertiary/aromatic N) is 2. The van der Waals surface area contributed by atoms with Crippen LogP contribution in [0.15, 0.2) is 36.9 Å². The molecule has 1 aromatic rings. The van der Waals surface area contributed by atoms with Crippen molar-refractivity contribution in [3.8, 4) is 0 Å². The molecule has 2 rings (SSSR count). The first-order valence-corrected chi connectivity index (χ1v) is 5.89. The summed E-state index contributed by atoms with van der Waals surface area (Å²) < 4.78 is 0. The van der Waals surface area contributed by atoms with Crippen LogP contribution in [0.5, 0.6) is 0 Å². The maximum atomic E-state index is 11.5. The summed E-state index contributed by atoms with van der Waals surface area (Å²) >= 11 is 0. The number of piperazine rings is 1. The molecule has 5 nitrogen and oxygen atoms in total. The van der Waals surface area contributed by atoms with Crippen molar-refractivity contribution in [2.24, 2.45) is 0 Å². The van der Waals surface area contributed by atoms with E-state index in [1.807, 2.05) is 23.4 Å². The van der Waals surface area contributed by atoms with Gasteiger partial charge in [-0.1, -0.05) is 18.7 Å². The van der Waals surface area contributed by atoms with Crippen LogP contribution in [0.1, 0.15) is 0 Å². The molecule has 94 valence electrons. The third-order valence-electron chi connectivity index (χ3n) is 3.12. The molecule has 0 aromatic heterocycles. The predicted octanol–water partition coefficient (Wildman–Crippen LogP) is -0.000300. The van der Waals surface area contributed by atoms with Crippen LogP contribution in [0.3, 0.4) is 0 Å². The van der Waals surface area contributed by atoms with Gasteiger partial charge in [-0.05, 0) is 12.1 Å². The molecule has 1 amide bonds. The van der Waals surface area contributed by atoms with Gasteiger partial charge in [0.2, 0.25) is 5.91 Å². The van der Waals surface area contributed by atoms with Crippen molar-refractivity contribution in [1.82, 2.24) is 4.90 Å². The van der Waals surface area contributed by atoms with Crippen LogP contribution in [-0.4, -0.2) is 37.0 Å². The molecule has 0 radical (unpaired) electrons. The molecule has 1 heterocycles. The molecule has 1 aliphatic rings. The van der Waals surface area contributed by atoms with Gasteiger partial charge in [0.15, 0.2) is 0 Å².